The maximum atomic E-state index is 12.0. The topological polar surface area (TPSA) is 26.3 Å². The maximum Gasteiger partial charge on any atom is 0.339 e. The van der Waals surface area contributed by atoms with Crippen molar-refractivity contribution < 1.29 is 9.53 Å². The first-order valence-corrected chi connectivity index (χ1v) is 6.22. The molecule has 2 aromatic rings. The smallest absolute Gasteiger partial charge is 0.339 e. The fraction of sp³-hybridized carbons (Fsp3) is 0.0625. The van der Waals surface area contributed by atoms with Gasteiger partial charge in [0.05, 0.1) is 5.56 Å². The number of ether oxygens (including phenoxy) is 1. The summed E-state index contributed by atoms with van der Waals surface area (Å²) in [5, 5.41) is 0.583. The highest BCUT2D eigenvalue weighted by molar-refractivity contribution is 6.30. The Bertz CT molecular complexity index is 561. The van der Waals surface area contributed by atoms with Gasteiger partial charge >= 0.3 is 5.97 Å². The van der Waals surface area contributed by atoms with E-state index in [0.717, 1.165) is 5.56 Å². The second kappa shape index (κ2) is 6.21. The quantitative estimate of drug-likeness (QED) is 0.608. The van der Waals surface area contributed by atoms with Gasteiger partial charge in [0.2, 0.25) is 0 Å². The van der Waals surface area contributed by atoms with Crippen molar-refractivity contribution in [3.63, 3.8) is 0 Å². The zero-order chi connectivity index (χ0) is 13.7. The van der Waals surface area contributed by atoms with Crippen LogP contribution in [0.2, 0.25) is 5.02 Å². The van der Waals surface area contributed by atoms with Gasteiger partial charge in [0, 0.05) is 5.02 Å². The Balaban J connectivity index is 2.13. The summed E-state index contributed by atoms with van der Waals surface area (Å²) in [6.45, 7) is 3.70. The van der Waals surface area contributed by atoms with Crippen molar-refractivity contribution in [2.75, 3.05) is 0 Å². The van der Waals surface area contributed by atoms with Crippen molar-refractivity contribution >= 4 is 17.6 Å². The molecule has 0 aliphatic rings. The minimum Gasteiger partial charge on any atom is -0.450 e. The normalized spacial score (nSPS) is 11.6. The Morgan fingerprint density at radius 1 is 1.11 bits per heavy atom. The van der Waals surface area contributed by atoms with Crippen LogP contribution in [-0.2, 0) is 4.74 Å². The third kappa shape index (κ3) is 3.46. The molecule has 0 N–H and O–H groups in total. The molecule has 0 saturated carbocycles. The van der Waals surface area contributed by atoms with Crippen LogP contribution >= 0.6 is 11.6 Å². The summed E-state index contributed by atoms with van der Waals surface area (Å²) in [6.07, 6.45) is 1.15. The van der Waals surface area contributed by atoms with Gasteiger partial charge in [0.1, 0.15) is 6.10 Å². The summed E-state index contributed by atoms with van der Waals surface area (Å²) in [5.41, 5.74) is 1.35. The van der Waals surface area contributed by atoms with Crippen molar-refractivity contribution in [1.29, 1.82) is 0 Å². The summed E-state index contributed by atoms with van der Waals surface area (Å²) < 4.78 is 5.41. The van der Waals surface area contributed by atoms with Crippen molar-refractivity contribution in [2.24, 2.45) is 0 Å². The van der Waals surface area contributed by atoms with Crippen LogP contribution in [0.15, 0.2) is 67.3 Å². The maximum absolute atomic E-state index is 12.0. The highest BCUT2D eigenvalue weighted by Crippen LogP contribution is 2.20. The van der Waals surface area contributed by atoms with Gasteiger partial charge in [0.25, 0.3) is 0 Å². The largest absolute Gasteiger partial charge is 0.450 e. The second-order valence-corrected chi connectivity index (χ2v) is 4.42. The molecule has 0 bridgehead atoms. The number of halogens is 1. The summed E-state index contributed by atoms with van der Waals surface area (Å²) in [4.78, 5) is 12.0. The monoisotopic (exact) mass is 272 g/mol. The molecule has 0 heterocycles. The van der Waals surface area contributed by atoms with Crippen LogP contribution in [0.5, 0.6) is 0 Å². The van der Waals surface area contributed by atoms with E-state index in [1.54, 1.807) is 30.3 Å². The summed E-state index contributed by atoms with van der Waals surface area (Å²) in [6, 6.07) is 16.1. The van der Waals surface area contributed by atoms with Crippen LogP contribution in [-0.4, -0.2) is 5.97 Å². The van der Waals surface area contributed by atoms with Crippen molar-refractivity contribution in [3.05, 3.63) is 83.4 Å². The Labute approximate surface area is 117 Å². The number of hydrogen-bond acceptors (Lipinski definition) is 2. The zero-order valence-corrected chi connectivity index (χ0v) is 11.0. The first kappa shape index (κ1) is 13.4. The molecule has 19 heavy (non-hydrogen) atoms. The molecule has 2 aromatic carbocycles. The molecular formula is C16H13ClO2. The van der Waals surface area contributed by atoms with E-state index in [-0.39, 0.29) is 0 Å². The minimum atomic E-state index is -0.454. The predicted octanol–water partition coefficient (Wildman–Crippen LogP) is 4.42. The predicted molar refractivity (Wildman–Crippen MR) is 76.2 cm³/mol. The Morgan fingerprint density at radius 2 is 1.74 bits per heavy atom. The molecule has 0 aliphatic carbocycles. The molecule has 0 saturated heterocycles. The van der Waals surface area contributed by atoms with Crippen LogP contribution < -0.4 is 0 Å². The fourth-order valence-corrected chi connectivity index (χ4v) is 1.79. The van der Waals surface area contributed by atoms with E-state index in [2.05, 4.69) is 6.58 Å². The van der Waals surface area contributed by atoms with Gasteiger partial charge in [-0.25, -0.2) is 4.79 Å². The van der Waals surface area contributed by atoms with Gasteiger partial charge in [-0.2, -0.15) is 0 Å². The van der Waals surface area contributed by atoms with E-state index in [1.807, 2.05) is 30.3 Å². The minimum absolute atomic E-state index is 0.398. The Kier molecular flexibility index (Phi) is 4.37. The Hall–Kier alpha value is -2.06. The first-order chi connectivity index (χ1) is 9.20. The third-order valence-electron chi connectivity index (χ3n) is 2.66. The molecule has 3 heteroatoms. The molecule has 0 radical (unpaired) electrons. The van der Waals surface area contributed by atoms with E-state index in [1.165, 1.54) is 0 Å². The van der Waals surface area contributed by atoms with Gasteiger partial charge in [-0.3, -0.25) is 0 Å². The number of esters is 1. The van der Waals surface area contributed by atoms with Crippen LogP contribution in [0.1, 0.15) is 22.0 Å². The van der Waals surface area contributed by atoms with Crippen molar-refractivity contribution in [2.45, 2.75) is 6.10 Å². The lowest BCUT2D eigenvalue weighted by molar-refractivity contribution is 0.0392. The van der Waals surface area contributed by atoms with Gasteiger partial charge in [0.15, 0.2) is 0 Å². The van der Waals surface area contributed by atoms with Crippen LogP contribution in [0.25, 0.3) is 0 Å². The van der Waals surface area contributed by atoms with Gasteiger partial charge in [-0.15, -0.1) is 0 Å². The number of carbonyl (C=O) groups excluding carboxylic acids is 1. The van der Waals surface area contributed by atoms with Crippen LogP contribution in [0, 0.1) is 0 Å². The molecule has 0 unspecified atom stereocenters. The van der Waals surface area contributed by atoms with Gasteiger partial charge in [-0.05, 0) is 35.9 Å². The molecule has 0 aliphatic heterocycles. The number of rotatable bonds is 4. The van der Waals surface area contributed by atoms with Crippen molar-refractivity contribution in [3.8, 4) is 0 Å². The summed E-state index contributed by atoms with van der Waals surface area (Å²) in [5.74, 6) is -0.398. The van der Waals surface area contributed by atoms with Crippen LogP contribution in [0.4, 0.5) is 0 Å². The molecule has 1 atom stereocenters. The molecule has 2 nitrogen and oxygen atoms in total. The average Bonchev–Trinajstić information content (AvgIpc) is 2.46. The molecule has 0 amide bonds. The SMILES string of the molecule is C=C[C@@H](OC(=O)c1ccc(Cl)cc1)c1ccccc1. The van der Waals surface area contributed by atoms with Crippen molar-refractivity contribution in [1.82, 2.24) is 0 Å². The average molecular weight is 273 g/mol. The molecule has 0 aromatic heterocycles. The van der Waals surface area contributed by atoms with Gasteiger partial charge in [-0.1, -0.05) is 48.5 Å². The summed E-state index contributed by atoms with van der Waals surface area (Å²) >= 11 is 5.78. The fourth-order valence-electron chi connectivity index (χ4n) is 1.66. The molecular weight excluding hydrogens is 260 g/mol. The zero-order valence-electron chi connectivity index (χ0n) is 10.3. The van der Waals surface area contributed by atoms with E-state index in [4.69, 9.17) is 16.3 Å². The standard InChI is InChI=1S/C16H13ClO2/c1-2-15(12-6-4-3-5-7-12)19-16(18)13-8-10-14(17)11-9-13/h2-11,15H,1H2/t15-/m1/s1. The summed E-state index contributed by atoms with van der Waals surface area (Å²) in [7, 11) is 0. The van der Waals surface area contributed by atoms with Crippen LogP contribution in [0.3, 0.4) is 0 Å². The first-order valence-electron chi connectivity index (χ1n) is 5.85. The number of benzene rings is 2. The highest BCUT2D eigenvalue weighted by Gasteiger charge is 2.14. The highest BCUT2D eigenvalue weighted by atomic mass is 35.5. The lowest BCUT2D eigenvalue weighted by atomic mass is 10.1. The molecule has 96 valence electrons. The van der Waals surface area contributed by atoms with Gasteiger partial charge < -0.3 is 4.74 Å². The lowest BCUT2D eigenvalue weighted by Crippen LogP contribution is -2.09. The molecule has 0 fully saturated rings. The van der Waals surface area contributed by atoms with E-state index < -0.39 is 12.1 Å². The van der Waals surface area contributed by atoms with E-state index in [9.17, 15) is 4.79 Å². The van der Waals surface area contributed by atoms with E-state index in [0.29, 0.717) is 10.6 Å². The lowest BCUT2D eigenvalue weighted by Gasteiger charge is -2.14. The van der Waals surface area contributed by atoms with E-state index >= 15 is 0 Å². The molecule has 2 rings (SSSR count). The number of hydrogen-bond donors (Lipinski definition) is 0. The third-order valence-corrected chi connectivity index (χ3v) is 2.91. The second-order valence-electron chi connectivity index (χ2n) is 3.98. The number of carbonyl (C=O) groups is 1. The molecule has 0 spiro atoms. The Morgan fingerprint density at radius 3 is 2.32 bits per heavy atom.